The van der Waals surface area contributed by atoms with E-state index in [4.69, 9.17) is 9.47 Å². The van der Waals surface area contributed by atoms with E-state index in [2.05, 4.69) is 16.4 Å². The van der Waals surface area contributed by atoms with Crippen LogP contribution in [0.2, 0.25) is 0 Å². The van der Waals surface area contributed by atoms with Crippen molar-refractivity contribution in [3.63, 3.8) is 0 Å². The van der Waals surface area contributed by atoms with Crippen LogP contribution in [0.4, 0.5) is 10.6 Å². The Bertz CT molecular complexity index is 944. The van der Waals surface area contributed by atoms with E-state index in [9.17, 15) is 14.9 Å². The largest absolute Gasteiger partial charge is 0.490 e. The number of carbonyl (C=O) groups excluding carboxylic acids is 2. The molecule has 0 aliphatic carbocycles. The number of methoxy groups -OCH3 is 1. The predicted octanol–water partition coefficient (Wildman–Crippen LogP) is 4.06. The summed E-state index contributed by atoms with van der Waals surface area (Å²) in [5.41, 5.74) is 2.09. The quantitative estimate of drug-likeness (QED) is 0.205. The van der Waals surface area contributed by atoms with E-state index in [0.717, 1.165) is 31.2 Å². The molecule has 170 valence electrons. The lowest BCUT2D eigenvalue weighted by Crippen LogP contribution is -2.40. The summed E-state index contributed by atoms with van der Waals surface area (Å²) < 4.78 is 10.7. The zero-order valence-corrected chi connectivity index (χ0v) is 18.9. The third kappa shape index (κ3) is 7.06. The topological polar surface area (TPSA) is 105 Å². The summed E-state index contributed by atoms with van der Waals surface area (Å²) in [6.07, 6.45) is 9.20. The van der Waals surface area contributed by atoms with Gasteiger partial charge in [0.2, 0.25) is 0 Å². The number of urea groups is 1. The van der Waals surface area contributed by atoms with Crippen LogP contribution in [0.15, 0.2) is 47.4 Å². The predicted molar refractivity (Wildman–Crippen MR) is 122 cm³/mol. The number of allylic oxidation sites excluding steroid dienone is 5. The lowest BCUT2D eigenvalue weighted by Gasteiger charge is -2.22. The van der Waals surface area contributed by atoms with E-state index in [0.29, 0.717) is 42.3 Å². The van der Waals surface area contributed by atoms with Crippen molar-refractivity contribution in [1.82, 2.24) is 10.3 Å². The SMILES string of the molecule is CC/C=C/C(C#N)=C(\C=C(/C)NC(=O)N1CCCCc2ccc(C=O)nc21)OCCOC. The highest BCUT2D eigenvalue weighted by atomic mass is 16.5. The van der Waals surface area contributed by atoms with Gasteiger partial charge >= 0.3 is 6.03 Å². The Kier molecular flexibility index (Phi) is 10.1. The lowest BCUT2D eigenvalue weighted by molar-refractivity contribution is 0.111. The number of pyridine rings is 1. The van der Waals surface area contributed by atoms with Crippen LogP contribution in [-0.2, 0) is 15.9 Å². The van der Waals surface area contributed by atoms with Gasteiger partial charge in [-0.3, -0.25) is 9.69 Å². The Labute approximate surface area is 189 Å². The molecule has 0 saturated carbocycles. The minimum atomic E-state index is -0.351. The Morgan fingerprint density at radius 3 is 2.84 bits per heavy atom. The van der Waals surface area contributed by atoms with Gasteiger partial charge in [0.25, 0.3) is 0 Å². The van der Waals surface area contributed by atoms with Gasteiger partial charge in [-0.1, -0.05) is 19.1 Å². The summed E-state index contributed by atoms with van der Waals surface area (Å²) >= 11 is 0. The van der Waals surface area contributed by atoms with Crippen LogP contribution in [0, 0.1) is 11.3 Å². The zero-order chi connectivity index (χ0) is 23.3. The van der Waals surface area contributed by atoms with Crippen molar-refractivity contribution in [3.05, 3.63) is 58.6 Å². The van der Waals surface area contributed by atoms with E-state index in [1.807, 2.05) is 19.1 Å². The van der Waals surface area contributed by atoms with Crippen LogP contribution in [0.5, 0.6) is 0 Å². The molecule has 0 saturated heterocycles. The van der Waals surface area contributed by atoms with E-state index in [1.165, 1.54) is 0 Å². The van der Waals surface area contributed by atoms with Crippen molar-refractivity contribution in [1.29, 1.82) is 5.26 Å². The summed E-state index contributed by atoms with van der Waals surface area (Å²) in [6, 6.07) is 5.30. The maximum absolute atomic E-state index is 13.1. The molecule has 0 radical (unpaired) electrons. The molecule has 0 atom stereocenters. The van der Waals surface area contributed by atoms with Gasteiger partial charge in [0.15, 0.2) is 6.29 Å². The molecule has 32 heavy (non-hydrogen) atoms. The summed E-state index contributed by atoms with van der Waals surface area (Å²) in [4.78, 5) is 30.2. The molecule has 2 rings (SSSR count). The number of amides is 2. The molecule has 0 fully saturated rings. The van der Waals surface area contributed by atoms with E-state index in [-0.39, 0.29) is 18.3 Å². The number of nitriles is 1. The monoisotopic (exact) mass is 438 g/mol. The number of hydrogen-bond acceptors (Lipinski definition) is 6. The second-order valence-electron chi connectivity index (χ2n) is 7.24. The van der Waals surface area contributed by atoms with Crippen molar-refractivity contribution in [2.75, 3.05) is 31.8 Å². The lowest BCUT2D eigenvalue weighted by atomic mass is 10.1. The highest BCUT2D eigenvalue weighted by Crippen LogP contribution is 2.25. The van der Waals surface area contributed by atoms with E-state index < -0.39 is 0 Å². The summed E-state index contributed by atoms with van der Waals surface area (Å²) in [5.74, 6) is 0.859. The van der Waals surface area contributed by atoms with Gasteiger partial charge in [-0.15, -0.1) is 0 Å². The molecule has 0 aromatic carbocycles. The fourth-order valence-corrected chi connectivity index (χ4v) is 3.19. The van der Waals surface area contributed by atoms with Gasteiger partial charge in [-0.25, -0.2) is 9.78 Å². The number of aldehydes is 1. The fraction of sp³-hybridized carbons (Fsp3) is 0.417. The Morgan fingerprint density at radius 2 is 2.16 bits per heavy atom. The first-order valence-corrected chi connectivity index (χ1v) is 10.7. The van der Waals surface area contributed by atoms with Gasteiger partial charge < -0.3 is 14.8 Å². The smallest absolute Gasteiger partial charge is 0.327 e. The normalized spacial score (nSPS) is 14.8. The van der Waals surface area contributed by atoms with Crippen LogP contribution >= 0.6 is 0 Å². The molecule has 2 amide bonds. The van der Waals surface area contributed by atoms with Crippen molar-refractivity contribution in [2.24, 2.45) is 0 Å². The average Bonchev–Trinajstić information content (AvgIpc) is 3.01. The minimum Gasteiger partial charge on any atom is -0.490 e. The number of nitrogens with zero attached hydrogens (tertiary/aromatic N) is 3. The Morgan fingerprint density at radius 1 is 1.34 bits per heavy atom. The number of rotatable bonds is 9. The number of hydrogen-bond donors (Lipinski definition) is 1. The highest BCUT2D eigenvalue weighted by molar-refractivity contribution is 5.93. The van der Waals surface area contributed by atoms with Crippen molar-refractivity contribution in [3.8, 4) is 6.07 Å². The molecule has 2 heterocycles. The zero-order valence-electron chi connectivity index (χ0n) is 18.9. The average molecular weight is 439 g/mol. The third-order valence-electron chi connectivity index (χ3n) is 4.78. The van der Waals surface area contributed by atoms with Crippen molar-refractivity contribution >= 4 is 18.1 Å². The first kappa shape index (κ1) is 24.8. The first-order chi connectivity index (χ1) is 15.5. The van der Waals surface area contributed by atoms with Crippen LogP contribution in [0.3, 0.4) is 0 Å². The van der Waals surface area contributed by atoms with Crippen molar-refractivity contribution < 1.29 is 19.1 Å². The maximum Gasteiger partial charge on any atom is 0.327 e. The number of aromatic nitrogens is 1. The molecule has 1 aliphatic rings. The minimum absolute atomic E-state index is 0.270. The number of aryl methyl sites for hydroxylation is 1. The fourth-order valence-electron chi connectivity index (χ4n) is 3.19. The number of nitrogens with one attached hydrogen (secondary N) is 1. The second-order valence-corrected chi connectivity index (χ2v) is 7.24. The molecule has 8 heteroatoms. The van der Waals surface area contributed by atoms with Crippen LogP contribution in [-0.4, -0.2) is 44.2 Å². The van der Waals surface area contributed by atoms with Gasteiger partial charge in [-0.05, 0) is 50.3 Å². The third-order valence-corrected chi connectivity index (χ3v) is 4.78. The first-order valence-electron chi connectivity index (χ1n) is 10.7. The Hall–Kier alpha value is -3.44. The van der Waals surface area contributed by atoms with Gasteiger partial charge in [-0.2, -0.15) is 5.26 Å². The van der Waals surface area contributed by atoms with E-state index in [1.54, 1.807) is 37.2 Å². The summed E-state index contributed by atoms with van der Waals surface area (Å²) in [6.45, 7) is 4.84. The Balaban J connectivity index is 2.28. The standard InChI is InChI=1S/C24H30N4O4/c1-4-5-8-20(16-25)22(32-14-13-31-3)15-18(2)26-24(30)28-12-7-6-9-19-10-11-21(17-29)27-23(19)28/h5,8,10-11,15,17H,4,6-7,9,12-14H2,1-3H3,(H,26,30)/b8-5+,18-15+,22-20-. The second kappa shape index (κ2) is 13.1. The summed E-state index contributed by atoms with van der Waals surface area (Å²) in [7, 11) is 1.57. The van der Waals surface area contributed by atoms with Crippen LogP contribution in [0.25, 0.3) is 0 Å². The number of carbonyl (C=O) groups is 2. The molecule has 0 unspecified atom stereocenters. The molecule has 1 N–H and O–H groups in total. The van der Waals surface area contributed by atoms with Crippen molar-refractivity contribution in [2.45, 2.75) is 39.5 Å². The molecular formula is C24H30N4O4. The van der Waals surface area contributed by atoms with Gasteiger partial charge in [0.05, 0.1) is 12.2 Å². The highest BCUT2D eigenvalue weighted by Gasteiger charge is 2.23. The maximum atomic E-state index is 13.1. The molecule has 1 aliphatic heterocycles. The number of anilines is 1. The molecule has 1 aromatic heterocycles. The number of ether oxygens (including phenoxy) is 2. The van der Waals surface area contributed by atoms with E-state index >= 15 is 0 Å². The van der Waals surface area contributed by atoms with Gasteiger partial charge in [0.1, 0.15) is 29.9 Å². The molecule has 1 aromatic rings. The molecule has 0 spiro atoms. The van der Waals surface area contributed by atoms with Gasteiger partial charge in [0, 0.05) is 25.4 Å². The summed E-state index contributed by atoms with van der Waals surface area (Å²) in [5, 5.41) is 12.4. The molecular weight excluding hydrogens is 408 g/mol. The molecule has 8 nitrogen and oxygen atoms in total. The number of fused-ring (bicyclic) bond motifs is 1. The molecule has 0 bridgehead atoms. The van der Waals surface area contributed by atoms with Crippen LogP contribution in [0.1, 0.15) is 49.2 Å². The van der Waals surface area contributed by atoms with Crippen LogP contribution < -0.4 is 10.2 Å².